The number of anilines is 1. The van der Waals surface area contributed by atoms with E-state index in [9.17, 15) is 37.8 Å². The van der Waals surface area contributed by atoms with E-state index in [-0.39, 0.29) is 34.0 Å². The first-order valence-corrected chi connectivity index (χ1v) is 14.1. The fourth-order valence-electron chi connectivity index (χ4n) is 4.02. The molecule has 0 saturated heterocycles. The Balaban J connectivity index is 1.56. The summed E-state index contributed by atoms with van der Waals surface area (Å²) in [7, 11) is -10.1. The third-order valence-electron chi connectivity index (χ3n) is 5.93. The average molecular weight is 655 g/mol. The molecule has 1 saturated carbocycles. The molecule has 210 valence electrons. The van der Waals surface area contributed by atoms with Crippen LogP contribution < -0.4 is 5.32 Å². The smallest absolute Gasteiger partial charge is 0.310 e. The molecule has 1 amide bonds. The van der Waals surface area contributed by atoms with E-state index in [1.165, 1.54) is 12.1 Å². The Hall–Kier alpha value is -2.18. The lowest BCUT2D eigenvalue weighted by atomic mass is 10.0. The molecular formula is C24H14Cl4F7NO2S. The van der Waals surface area contributed by atoms with Gasteiger partial charge in [0, 0.05) is 34.7 Å². The molecule has 0 radical (unpaired) electrons. The summed E-state index contributed by atoms with van der Waals surface area (Å²) in [4.78, 5) is 23.4. The van der Waals surface area contributed by atoms with E-state index in [4.69, 9.17) is 46.4 Å². The van der Waals surface area contributed by atoms with Crippen molar-refractivity contribution < 1.29 is 37.8 Å². The summed E-state index contributed by atoms with van der Waals surface area (Å²) in [5.74, 6) is -6.05. The highest BCUT2D eigenvalue weighted by atomic mass is 35.5. The number of alkyl halides is 2. The van der Waals surface area contributed by atoms with E-state index >= 15 is 0 Å². The largest absolute Gasteiger partial charge is 0.326 e. The molecule has 3 nitrogen and oxygen atoms in total. The van der Waals surface area contributed by atoms with Crippen LogP contribution in [0.5, 0.6) is 0 Å². The van der Waals surface area contributed by atoms with Gasteiger partial charge in [0.2, 0.25) is 5.91 Å². The van der Waals surface area contributed by atoms with Gasteiger partial charge in [-0.05, 0) is 53.6 Å². The normalized spacial score (nSPS) is 20.1. The molecule has 0 aromatic heterocycles. The SMILES string of the molecule is O=C(Cc1ccc(F)cc1F)c1cc(NC(=O)C2C(c3cc(Cl)cc(S(F)(F)(F)(F)F)c3)C2(Cl)Cl)ccc1Cl. The van der Waals surface area contributed by atoms with Gasteiger partial charge in [0.15, 0.2) is 5.78 Å². The zero-order chi connectivity index (χ0) is 29.2. The number of halogens is 11. The maximum absolute atomic E-state index is 14.0. The fourth-order valence-corrected chi connectivity index (χ4v) is 6.09. The van der Waals surface area contributed by atoms with E-state index in [1.807, 2.05) is 0 Å². The summed E-state index contributed by atoms with van der Waals surface area (Å²) in [6.07, 6.45) is -0.482. The van der Waals surface area contributed by atoms with Crippen molar-refractivity contribution >= 4 is 74.0 Å². The Morgan fingerprint density at radius 1 is 0.897 bits per heavy atom. The van der Waals surface area contributed by atoms with Gasteiger partial charge < -0.3 is 5.32 Å². The highest BCUT2D eigenvalue weighted by Gasteiger charge is 2.69. The highest BCUT2D eigenvalue weighted by molar-refractivity contribution is 8.45. The van der Waals surface area contributed by atoms with Crippen molar-refractivity contribution in [1.29, 1.82) is 0 Å². The minimum atomic E-state index is -10.1. The second-order valence-electron chi connectivity index (χ2n) is 8.84. The third kappa shape index (κ3) is 6.43. The maximum Gasteiger partial charge on any atom is 0.310 e. The summed E-state index contributed by atoms with van der Waals surface area (Å²) in [6.45, 7) is 0. The number of nitrogens with one attached hydrogen (secondary N) is 1. The summed E-state index contributed by atoms with van der Waals surface area (Å²) >= 11 is 24.0. The van der Waals surface area contributed by atoms with Gasteiger partial charge in [0.1, 0.15) is 20.9 Å². The van der Waals surface area contributed by atoms with Gasteiger partial charge >= 0.3 is 10.2 Å². The van der Waals surface area contributed by atoms with Crippen LogP contribution in [0.3, 0.4) is 0 Å². The van der Waals surface area contributed by atoms with Crippen LogP contribution in [0, 0.1) is 17.6 Å². The predicted octanol–water partition coefficient (Wildman–Crippen LogP) is 9.88. The third-order valence-corrected chi connectivity index (χ3v) is 8.55. The lowest BCUT2D eigenvalue weighted by Crippen LogP contribution is -2.17. The molecule has 15 heteroatoms. The number of carbonyl (C=O) groups is 2. The summed E-state index contributed by atoms with van der Waals surface area (Å²) < 4.78 is 91.9. The standard InChI is InChI=1S/C24H14Cl4F7NO2S/c25-13-5-12(6-16(8-13)39(31,32,33,34)35)21-22(24(21,27)28)23(38)36-15-3-4-18(26)17(10-15)20(37)7-11-1-2-14(29)9-19(11)30/h1-6,8-10,21-22H,7H2,(H,36,38). The van der Waals surface area contributed by atoms with Crippen LogP contribution >= 0.6 is 56.6 Å². The van der Waals surface area contributed by atoms with Crippen molar-refractivity contribution in [1.82, 2.24) is 0 Å². The van der Waals surface area contributed by atoms with Gasteiger partial charge in [0.25, 0.3) is 0 Å². The first-order valence-electron chi connectivity index (χ1n) is 10.7. The number of carbonyl (C=O) groups excluding carboxylic acids is 2. The molecule has 0 spiro atoms. The van der Waals surface area contributed by atoms with Crippen LogP contribution in [0.15, 0.2) is 59.5 Å². The first kappa shape index (κ1) is 29.8. The van der Waals surface area contributed by atoms with Crippen molar-refractivity contribution in [3.63, 3.8) is 0 Å². The highest BCUT2D eigenvalue weighted by Crippen LogP contribution is 3.02. The lowest BCUT2D eigenvalue weighted by Gasteiger charge is -2.40. The molecule has 4 rings (SSSR count). The Bertz CT molecular complexity index is 1530. The van der Waals surface area contributed by atoms with Crippen molar-refractivity contribution in [2.75, 3.05) is 5.32 Å². The molecule has 0 aliphatic heterocycles. The Morgan fingerprint density at radius 2 is 1.56 bits per heavy atom. The molecule has 39 heavy (non-hydrogen) atoms. The molecule has 2 atom stereocenters. The van der Waals surface area contributed by atoms with Crippen LogP contribution in [0.25, 0.3) is 0 Å². The Labute approximate surface area is 236 Å². The molecule has 0 heterocycles. The molecular weight excluding hydrogens is 641 g/mol. The van der Waals surface area contributed by atoms with Gasteiger partial charge in [-0.3, -0.25) is 9.59 Å². The first-order chi connectivity index (χ1) is 17.7. The van der Waals surface area contributed by atoms with Gasteiger partial charge in [0.05, 0.1) is 10.9 Å². The van der Waals surface area contributed by atoms with Gasteiger partial charge in [-0.25, -0.2) is 8.78 Å². The number of hydrogen-bond donors (Lipinski definition) is 1. The monoisotopic (exact) mass is 653 g/mol. The number of benzene rings is 3. The lowest BCUT2D eigenvalue weighted by molar-refractivity contribution is -0.117. The van der Waals surface area contributed by atoms with Gasteiger partial charge in [-0.2, -0.15) is 0 Å². The summed E-state index contributed by atoms with van der Waals surface area (Å²) in [5, 5.41) is 1.69. The summed E-state index contributed by atoms with van der Waals surface area (Å²) in [5.41, 5.74) is -0.650. The number of Topliss-reactive ketones (excluding diaryl/α,β-unsaturated/α-hetero) is 1. The zero-order valence-electron chi connectivity index (χ0n) is 18.9. The summed E-state index contributed by atoms with van der Waals surface area (Å²) in [6, 6.07) is 7.55. The van der Waals surface area contributed by atoms with Crippen LogP contribution in [-0.2, 0) is 11.2 Å². The van der Waals surface area contributed by atoms with Gasteiger partial charge in [-0.1, -0.05) is 48.7 Å². The molecule has 0 bridgehead atoms. The van der Waals surface area contributed by atoms with Crippen LogP contribution in [0.1, 0.15) is 27.4 Å². The molecule has 2 unspecified atom stereocenters. The Morgan fingerprint density at radius 3 is 2.18 bits per heavy atom. The molecule has 3 aromatic carbocycles. The minimum Gasteiger partial charge on any atom is -0.326 e. The van der Waals surface area contributed by atoms with Crippen molar-refractivity contribution in [3.8, 4) is 0 Å². The topological polar surface area (TPSA) is 46.2 Å². The van der Waals surface area contributed by atoms with Crippen molar-refractivity contribution in [2.45, 2.75) is 21.6 Å². The molecule has 1 fully saturated rings. The second-order valence-corrected chi connectivity index (χ2v) is 13.5. The van der Waals surface area contributed by atoms with E-state index < -0.39 is 71.6 Å². The van der Waals surface area contributed by atoms with Crippen molar-refractivity contribution in [3.05, 3.63) is 93.0 Å². The number of ketones is 1. The van der Waals surface area contributed by atoms with Crippen LogP contribution in [0.4, 0.5) is 33.9 Å². The fraction of sp³-hybridized carbons (Fsp3) is 0.167. The average Bonchev–Trinajstić information content (AvgIpc) is 3.37. The number of rotatable bonds is 7. The predicted molar refractivity (Wildman–Crippen MR) is 138 cm³/mol. The van der Waals surface area contributed by atoms with E-state index in [2.05, 4.69) is 5.32 Å². The molecule has 1 aliphatic rings. The van der Waals surface area contributed by atoms with Crippen molar-refractivity contribution in [2.24, 2.45) is 5.92 Å². The molecule has 3 aromatic rings. The Kier molecular flexibility index (Phi) is 7.01. The maximum atomic E-state index is 14.0. The zero-order valence-corrected chi connectivity index (χ0v) is 22.8. The van der Waals surface area contributed by atoms with Crippen LogP contribution in [0.2, 0.25) is 10.0 Å². The van der Waals surface area contributed by atoms with E-state index in [0.29, 0.717) is 6.07 Å². The van der Waals surface area contributed by atoms with Crippen LogP contribution in [-0.4, -0.2) is 16.0 Å². The van der Waals surface area contributed by atoms with Gasteiger partial charge in [-0.15, -0.1) is 23.2 Å². The van der Waals surface area contributed by atoms with E-state index in [1.54, 1.807) is 0 Å². The molecule has 1 aliphatic carbocycles. The minimum absolute atomic E-state index is 0.000838. The number of hydrogen-bond acceptors (Lipinski definition) is 2. The quantitative estimate of drug-likeness (QED) is 0.157. The second kappa shape index (κ2) is 9.17. The molecule has 1 N–H and O–H groups in total. The number of amides is 1. The van der Waals surface area contributed by atoms with E-state index in [0.717, 1.165) is 24.3 Å².